The van der Waals surface area contributed by atoms with E-state index in [1.165, 1.54) is 6.07 Å². The number of nitrogens with one attached hydrogen (secondary N) is 3. The molecule has 5 N–H and O–H groups in total. The van der Waals surface area contributed by atoms with Crippen molar-refractivity contribution < 1.29 is 13.2 Å². The third kappa shape index (κ3) is 4.48. The number of hydrogen-bond donors (Lipinski definition) is 4. The summed E-state index contributed by atoms with van der Waals surface area (Å²) in [5.74, 6) is -0.0506. The van der Waals surface area contributed by atoms with Crippen molar-refractivity contribution in [2.24, 2.45) is 11.1 Å². The fourth-order valence-corrected chi connectivity index (χ4v) is 2.61. The van der Waals surface area contributed by atoms with Gasteiger partial charge in [-0.05, 0) is 44.1 Å². The molecule has 2 rings (SSSR count). The van der Waals surface area contributed by atoms with E-state index in [0.29, 0.717) is 11.4 Å². The Balaban J connectivity index is 2.02. The van der Waals surface area contributed by atoms with Crippen molar-refractivity contribution in [1.29, 1.82) is 0 Å². The normalized spacial score (nSPS) is 16.6. The standard InChI is InChI=1S/C12H18N4O3S/c13-20(18,19)16-11-3-1-2-10(8-11)15-12(17)9-4-6-14-7-5-9/h1-3,8-9,14,16H,4-7H2,(H,15,17)(H2,13,18,19). The van der Waals surface area contributed by atoms with E-state index < -0.39 is 10.2 Å². The first-order chi connectivity index (χ1) is 9.44. The summed E-state index contributed by atoms with van der Waals surface area (Å²) in [5.41, 5.74) is 0.859. The van der Waals surface area contributed by atoms with Crippen molar-refractivity contribution >= 4 is 27.5 Å². The molecule has 0 atom stereocenters. The molecule has 1 aliphatic rings. The highest BCUT2D eigenvalue weighted by Crippen LogP contribution is 2.19. The van der Waals surface area contributed by atoms with E-state index in [-0.39, 0.29) is 11.8 Å². The Morgan fingerprint density at radius 1 is 1.25 bits per heavy atom. The predicted octanol–water partition coefficient (Wildman–Crippen LogP) is 0.240. The highest BCUT2D eigenvalue weighted by atomic mass is 32.2. The molecule has 7 nitrogen and oxygen atoms in total. The molecule has 1 heterocycles. The number of piperidine rings is 1. The maximum absolute atomic E-state index is 12.1. The van der Waals surface area contributed by atoms with Gasteiger partial charge < -0.3 is 10.6 Å². The Labute approximate surface area is 118 Å². The number of anilines is 2. The van der Waals surface area contributed by atoms with Crippen molar-refractivity contribution in [3.05, 3.63) is 24.3 Å². The maximum Gasteiger partial charge on any atom is 0.296 e. The molecule has 1 amide bonds. The summed E-state index contributed by atoms with van der Waals surface area (Å²) >= 11 is 0. The summed E-state index contributed by atoms with van der Waals surface area (Å²) in [6.45, 7) is 1.68. The lowest BCUT2D eigenvalue weighted by molar-refractivity contribution is -0.120. The van der Waals surface area contributed by atoms with Crippen molar-refractivity contribution in [1.82, 2.24) is 5.32 Å². The molecule has 0 aromatic heterocycles. The molecule has 0 saturated carbocycles. The second-order valence-electron chi connectivity index (χ2n) is 4.74. The number of benzene rings is 1. The third-order valence-electron chi connectivity index (χ3n) is 3.10. The van der Waals surface area contributed by atoms with E-state index in [4.69, 9.17) is 5.14 Å². The topological polar surface area (TPSA) is 113 Å². The predicted molar refractivity (Wildman–Crippen MR) is 77.4 cm³/mol. The largest absolute Gasteiger partial charge is 0.326 e. The molecule has 0 radical (unpaired) electrons. The number of hydrogen-bond acceptors (Lipinski definition) is 4. The summed E-state index contributed by atoms with van der Waals surface area (Å²) in [6, 6.07) is 6.44. The first-order valence-corrected chi connectivity index (χ1v) is 7.91. The second kappa shape index (κ2) is 6.21. The number of amides is 1. The highest BCUT2D eigenvalue weighted by molar-refractivity contribution is 7.90. The van der Waals surface area contributed by atoms with Gasteiger partial charge in [0.15, 0.2) is 0 Å². The van der Waals surface area contributed by atoms with E-state index in [1.807, 2.05) is 0 Å². The lowest BCUT2D eigenvalue weighted by Gasteiger charge is -2.21. The fraction of sp³-hybridized carbons (Fsp3) is 0.417. The van der Waals surface area contributed by atoms with Crippen LogP contribution in [0.5, 0.6) is 0 Å². The first-order valence-electron chi connectivity index (χ1n) is 6.36. The van der Waals surface area contributed by atoms with Gasteiger partial charge in [-0.15, -0.1) is 0 Å². The second-order valence-corrected chi connectivity index (χ2v) is 6.04. The molecular formula is C12H18N4O3S. The van der Waals surface area contributed by atoms with E-state index >= 15 is 0 Å². The van der Waals surface area contributed by atoms with Gasteiger partial charge in [-0.3, -0.25) is 9.52 Å². The van der Waals surface area contributed by atoms with Crippen molar-refractivity contribution in [2.75, 3.05) is 23.1 Å². The zero-order valence-electron chi connectivity index (χ0n) is 10.9. The molecule has 20 heavy (non-hydrogen) atoms. The van der Waals surface area contributed by atoms with Crippen LogP contribution in [-0.2, 0) is 15.0 Å². The van der Waals surface area contributed by atoms with Crippen LogP contribution >= 0.6 is 0 Å². The Morgan fingerprint density at radius 2 is 1.90 bits per heavy atom. The van der Waals surface area contributed by atoms with E-state index in [0.717, 1.165) is 25.9 Å². The molecule has 0 unspecified atom stereocenters. The number of carbonyl (C=O) groups is 1. The fourth-order valence-electron chi connectivity index (χ4n) is 2.15. The van der Waals surface area contributed by atoms with Gasteiger partial charge in [0.25, 0.3) is 10.2 Å². The minimum Gasteiger partial charge on any atom is -0.326 e. The summed E-state index contributed by atoms with van der Waals surface area (Å²) in [4.78, 5) is 12.1. The van der Waals surface area contributed by atoms with Gasteiger partial charge in [0.1, 0.15) is 0 Å². The minimum absolute atomic E-state index is 0.00823. The Morgan fingerprint density at radius 3 is 2.55 bits per heavy atom. The van der Waals surface area contributed by atoms with Crippen LogP contribution in [0.25, 0.3) is 0 Å². The Kier molecular flexibility index (Phi) is 4.58. The van der Waals surface area contributed by atoms with Gasteiger partial charge >= 0.3 is 0 Å². The molecule has 0 spiro atoms. The zero-order chi connectivity index (χ0) is 14.6. The van der Waals surface area contributed by atoms with Crippen molar-refractivity contribution in [2.45, 2.75) is 12.8 Å². The van der Waals surface area contributed by atoms with Crippen LogP contribution in [0.1, 0.15) is 12.8 Å². The molecule has 0 aliphatic carbocycles. The Hall–Kier alpha value is -1.64. The van der Waals surface area contributed by atoms with Crippen molar-refractivity contribution in [3.63, 3.8) is 0 Å². The third-order valence-corrected chi connectivity index (χ3v) is 3.62. The zero-order valence-corrected chi connectivity index (χ0v) is 11.7. The van der Waals surface area contributed by atoms with E-state index in [9.17, 15) is 13.2 Å². The molecular weight excluding hydrogens is 280 g/mol. The van der Waals surface area contributed by atoms with Gasteiger partial charge in [-0.1, -0.05) is 6.07 Å². The monoisotopic (exact) mass is 298 g/mol. The van der Waals surface area contributed by atoms with Gasteiger partial charge in [0.2, 0.25) is 5.91 Å². The lowest BCUT2D eigenvalue weighted by atomic mass is 9.97. The summed E-state index contributed by atoms with van der Waals surface area (Å²) in [5, 5.41) is 10.9. The Bertz CT molecular complexity index is 582. The highest BCUT2D eigenvalue weighted by Gasteiger charge is 2.20. The molecule has 110 valence electrons. The van der Waals surface area contributed by atoms with Crippen molar-refractivity contribution in [3.8, 4) is 0 Å². The first kappa shape index (κ1) is 14.8. The minimum atomic E-state index is -3.81. The van der Waals surface area contributed by atoms with E-state index in [1.54, 1.807) is 18.2 Å². The molecule has 1 aromatic rings. The summed E-state index contributed by atoms with van der Waals surface area (Å²) in [7, 11) is -3.81. The number of rotatable bonds is 4. The lowest BCUT2D eigenvalue weighted by Crippen LogP contribution is -2.34. The molecule has 8 heteroatoms. The van der Waals surface area contributed by atoms with Crippen LogP contribution in [0.15, 0.2) is 24.3 Å². The SMILES string of the molecule is NS(=O)(=O)Nc1cccc(NC(=O)C2CCNCC2)c1. The molecule has 1 fully saturated rings. The van der Waals surface area contributed by atoms with Crippen LogP contribution in [0, 0.1) is 5.92 Å². The van der Waals surface area contributed by atoms with Gasteiger partial charge in [-0.25, -0.2) is 5.14 Å². The van der Waals surface area contributed by atoms with Gasteiger partial charge in [-0.2, -0.15) is 8.42 Å². The van der Waals surface area contributed by atoms with E-state index in [2.05, 4.69) is 15.4 Å². The number of carbonyl (C=O) groups excluding carboxylic acids is 1. The van der Waals surface area contributed by atoms with Crippen LogP contribution in [0.3, 0.4) is 0 Å². The average molecular weight is 298 g/mol. The smallest absolute Gasteiger partial charge is 0.296 e. The maximum atomic E-state index is 12.1. The number of nitrogens with two attached hydrogens (primary N) is 1. The van der Waals surface area contributed by atoms with Gasteiger partial charge in [0.05, 0.1) is 5.69 Å². The van der Waals surface area contributed by atoms with Gasteiger partial charge in [0, 0.05) is 11.6 Å². The van der Waals surface area contributed by atoms with Crippen LogP contribution in [-0.4, -0.2) is 27.4 Å². The summed E-state index contributed by atoms with van der Waals surface area (Å²) < 4.78 is 24.1. The molecule has 0 bridgehead atoms. The van der Waals surface area contributed by atoms with Crippen LogP contribution in [0.2, 0.25) is 0 Å². The van der Waals surface area contributed by atoms with Crippen LogP contribution < -0.4 is 20.5 Å². The summed E-state index contributed by atoms with van der Waals surface area (Å²) in [6.07, 6.45) is 1.61. The quantitative estimate of drug-likeness (QED) is 0.637. The average Bonchev–Trinajstić information content (AvgIpc) is 2.38. The molecule has 1 aromatic carbocycles. The van der Waals surface area contributed by atoms with Crippen LogP contribution in [0.4, 0.5) is 11.4 Å². The molecule has 1 saturated heterocycles. The molecule has 1 aliphatic heterocycles.